The van der Waals surface area contributed by atoms with Gasteiger partial charge in [-0.3, -0.25) is 4.79 Å². The Bertz CT molecular complexity index is 1080. The van der Waals surface area contributed by atoms with Gasteiger partial charge in [0.1, 0.15) is 11.8 Å². The number of carbonyl (C=O) groups excluding carboxylic acids is 1. The molecule has 2 aromatic rings. The van der Waals surface area contributed by atoms with Gasteiger partial charge in [-0.1, -0.05) is 27.0 Å². The normalized spacial score (nSPS) is 16.1. The molecule has 8 heteroatoms. The SMILES string of the molecule is C=C(N)c1ccc(OC(=C)c2ccc(CC(C)(C)C(=O)N3CCCC3C(=O)O)s2)c(F)c1. The number of likely N-dealkylation sites (tertiary alicyclic amines) is 1. The van der Waals surface area contributed by atoms with E-state index >= 15 is 0 Å². The molecule has 1 fully saturated rings. The largest absolute Gasteiger partial charge is 0.480 e. The molecular weight excluding hydrogens is 431 g/mol. The van der Waals surface area contributed by atoms with Crippen molar-refractivity contribution < 1.29 is 23.8 Å². The highest BCUT2D eigenvalue weighted by atomic mass is 32.1. The van der Waals surface area contributed by atoms with E-state index in [1.165, 1.54) is 28.4 Å². The summed E-state index contributed by atoms with van der Waals surface area (Å²) < 4.78 is 19.9. The molecule has 1 amide bonds. The summed E-state index contributed by atoms with van der Waals surface area (Å²) in [7, 11) is 0. The molecule has 0 bridgehead atoms. The fourth-order valence-electron chi connectivity index (χ4n) is 3.76. The summed E-state index contributed by atoms with van der Waals surface area (Å²) in [6.07, 6.45) is 1.61. The summed E-state index contributed by atoms with van der Waals surface area (Å²) in [5.74, 6) is -1.39. The van der Waals surface area contributed by atoms with Crippen LogP contribution in [0.25, 0.3) is 11.5 Å². The van der Waals surface area contributed by atoms with Crippen molar-refractivity contribution in [3.63, 3.8) is 0 Å². The molecule has 2 heterocycles. The molecule has 1 unspecified atom stereocenters. The zero-order chi connectivity index (χ0) is 23.6. The molecule has 3 rings (SSSR count). The van der Waals surface area contributed by atoms with Crippen LogP contribution < -0.4 is 10.5 Å². The lowest BCUT2D eigenvalue weighted by atomic mass is 9.86. The molecule has 1 atom stereocenters. The Labute approximate surface area is 190 Å². The standard InChI is InChI=1S/C24H27FN2O4S/c1-14(26)16-7-9-20(18(25)12-16)31-15(2)21-10-8-17(32-21)13-24(3,4)23(30)27-11-5-6-19(27)22(28)29/h7-10,12,19H,1-2,5-6,11,13,26H2,3-4H3,(H,28,29). The topological polar surface area (TPSA) is 92.9 Å². The second-order valence-corrected chi connectivity index (χ2v) is 9.69. The van der Waals surface area contributed by atoms with Gasteiger partial charge in [-0.25, -0.2) is 9.18 Å². The van der Waals surface area contributed by atoms with Crippen LogP contribution in [0.15, 0.2) is 43.5 Å². The van der Waals surface area contributed by atoms with Crippen LogP contribution in [0.3, 0.4) is 0 Å². The first-order chi connectivity index (χ1) is 15.0. The van der Waals surface area contributed by atoms with Crippen molar-refractivity contribution in [1.82, 2.24) is 4.90 Å². The van der Waals surface area contributed by atoms with Gasteiger partial charge in [0.2, 0.25) is 5.91 Å². The third kappa shape index (κ3) is 5.02. The van der Waals surface area contributed by atoms with Crippen LogP contribution in [-0.2, 0) is 16.0 Å². The molecular formula is C24H27FN2O4S. The van der Waals surface area contributed by atoms with Crippen molar-refractivity contribution in [2.75, 3.05) is 6.54 Å². The van der Waals surface area contributed by atoms with E-state index in [9.17, 15) is 19.1 Å². The van der Waals surface area contributed by atoms with E-state index in [-0.39, 0.29) is 23.1 Å². The van der Waals surface area contributed by atoms with Crippen LogP contribution >= 0.6 is 11.3 Å². The van der Waals surface area contributed by atoms with Gasteiger partial charge in [0.25, 0.3) is 0 Å². The van der Waals surface area contributed by atoms with Gasteiger partial charge in [-0.05, 0) is 55.2 Å². The second-order valence-electron chi connectivity index (χ2n) is 8.52. The van der Waals surface area contributed by atoms with Crippen LogP contribution in [0.1, 0.15) is 42.0 Å². The van der Waals surface area contributed by atoms with Gasteiger partial charge >= 0.3 is 5.97 Å². The highest BCUT2D eigenvalue weighted by Crippen LogP contribution is 2.34. The number of carboxylic acids is 1. The summed E-state index contributed by atoms with van der Waals surface area (Å²) in [5, 5.41) is 9.38. The molecule has 1 aromatic carbocycles. The maximum atomic E-state index is 14.3. The molecule has 0 radical (unpaired) electrons. The first kappa shape index (κ1) is 23.5. The highest BCUT2D eigenvalue weighted by Gasteiger charge is 2.40. The number of benzene rings is 1. The molecule has 0 saturated carbocycles. The number of carboxylic acid groups (broad SMARTS) is 1. The number of aliphatic carboxylic acids is 1. The predicted octanol–water partition coefficient (Wildman–Crippen LogP) is 4.51. The van der Waals surface area contributed by atoms with Crippen LogP contribution in [0.4, 0.5) is 4.39 Å². The fraction of sp³-hybridized carbons (Fsp3) is 0.333. The maximum Gasteiger partial charge on any atom is 0.326 e. The van der Waals surface area contributed by atoms with Crippen molar-refractivity contribution in [1.29, 1.82) is 0 Å². The minimum atomic E-state index is -0.963. The minimum absolute atomic E-state index is 0.0270. The third-order valence-electron chi connectivity index (χ3n) is 5.47. The van der Waals surface area contributed by atoms with Crippen LogP contribution in [-0.4, -0.2) is 34.5 Å². The number of carbonyl (C=O) groups is 2. The molecule has 1 aromatic heterocycles. The van der Waals surface area contributed by atoms with E-state index in [2.05, 4.69) is 13.2 Å². The molecule has 1 saturated heterocycles. The Balaban J connectivity index is 1.68. The molecule has 32 heavy (non-hydrogen) atoms. The Kier molecular flexibility index (Phi) is 6.74. The van der Waals surface area contributed by atoms with Gasteiger partial charge in [0, 0.05) is 22.5 Å². The number of thiophene rings is 1. The van der Waals surface area contributed by atoms with Crippen molar-refractivity contribution >= 4 is 34.7 Å². The van der Waals surface area contributed by atoms with Gasteiger partial charge in [0.15, 0.2) is 11.6 Å². The zero-order valence-corrected chi connectivity index (χ0v) is 19.0. The number of nitrogens with zero attached hydrogens (tertiary/aromatic N) is 1. The lowest BCUT2D eigenvalue weighted by molar-refractivity contribution is -0.152. The number of hydrogen-bond acceptors (Lipinski definition) is 5. The molecule has 170 valence electrons. The van der Waals surface area contributed by atoms with Crippen molar-refractivity contribution in [3.05, 3.63) is 64.6 Å². The summed E-state index contributed by atoms with van der Waals surface area (Å²) in [6, 6.07) is 7.27. The van der Waals surface area contributed by atoms with Gasteiger partial charge in [-0.15, -0.1) is 11.3 Å². The maximum absolute atomic E-state index is 14.3. The average Bonchev–Trinajstić information content (AvgIpc) is 3.38. The van der Waals surface area contributed by atoms with Crippen LogP contribution in [0.2, 0.25) is 0 Å². The Hall–Kier alpha value is -3.13. The molecule has 6 nitrogen and oxygen atoms in total. The minimum Gasteiger partial charge on any atom is -0.480 e. The van der Waals surface area contributed by atoms with E-state index in [0.717, 1.165) is 4.88 Å². The predicted molar refractivity (Wildman–Crippen MR) is 123 cm³/mol. The first-order valence-corrected chi connectivity index (χ1v) is 11.1. The first-order valence-electron chi connectivity index (χ1n) is 10.2. The van der Waals surface area contributed by atoms with E-state index in [4.69, 9.17) is 10.5 Å². The van der Waals surface area contributed by atoms with Gasteiger partial charge < -0.3 is 20.5 Å². The van der Waals surface area contributed by atoms with Gasteiger partial charge in [0.05, 0.1) is 4.88 Å². The number of ether oxygens (including phenoxy) is 1. The summed E-state index contributed by atoms with van der Waals surface area (Å²) in [5.41, 5.74) is 5.56. The number of rotatable bonds is 8. The molecule has 3 N–H and O–H groups in total. The monoisotopic (exact) mass is 458 g/mol. The average molecular weight is 459 g/mol. The number of halogens is 1. The highest BCUT2D eigenvalue weighted by molar-refractivity contribution is 7.13. The Morgan fingerprint density at radius 1 is 1.31 bits per heavy atom. The van der Waals surface area contributed by atoms with E-state index in [1.54, 1.807) is 6.07 Å². The molecule has 0 aliphatic carbocycles. The Morgan fingerprint density at radius 2 is 2.03 bits per heavy atom. The number of hydrogen-bond donors (Lipinski definition) is 2. The van der Waals surface area contributed by atoms with E-state index < -0.39 is 23.2 Å². The molecule has 1 aliphatic rings. The van der Waals surface area contributed by atoms with Crippen LogP contribution in [0.5, 0.6) is 5.75 Å². The van der Waals surface area contributed by atoms with Crippen LogP contribution in [0, 0.1) is 11.2 Å². The third-order valence-corrected chi connectivity index (χ3v) is 6.59. The number of nitrogens with two attached hydrogens (primary N) is 1. The van der Waals surface area contributed by atoms with Gasteiger partial charge in [-0.2, -0.15) is 0 Å². The summed E-state index contributed by atoms with van der Waals surface area (Å²) in [6.45, 7) is 11.6. The quantitative estimate of drug-likeness (QED) is 0.568. The molecule has 1 aliphatic heterocycles. The lowest BCUT2D eigenvalue weighted by Gasteiger charge is -2.31. The zero-order valence-electron chi connectivity index (χ0n) is 18.2. The van der Waals surface area contributed by atoms with E-state index in [1.807, 2.05) is 26.0 Å². The number of amides is 1. The van der Waals surface area contributed by atoms with Crippen molar-refractivity contribution in [3.8, 4) is 5.75 Å². The second kappa shape index (κ2) is 9.16. The van der Waals surface area contributed by atoms with Crippen molar-refractivity contribution in [2.45, 2.75) is 39.2 Å². The van der Waals surface area contributed by atoms with E-state index in [0.29, 0.717) is 36.2 Å². The molecule has 0 spiro atoms. The smallest absolute Gasteiger partial charge is 0.326 e. The Morgan fingerprint density at radius 3 is 2.66 bits per heavy atom. The lowest BCUT2D eigenvalue weighted by Crippen LogP contribution is -2.47. The van der Waals surface area contributed by atoms with Crippen molar-refractivity contribution in [2.24, 2.45) is 11.1 Å². The summed E-state index contributed by atoms with van der Waals surface area (Å²) in [4.78, 5) is 27.6. The fourth-order valence-corrected chi connectivity index (χ4v) is 4.90. The summed E-state index contributed by atoms with van der Waals surface area (Å²) >= 11 is 1.40.